The summed E-state index contributed by atoms with van der Waals surface area (Å²) >= 11 is 0. The first kappa shape index (κ1) is 12.3. The summed E-state index contributed by atoms with van der Waals surface area (Å²) in [7, 11) is 0. The first-order valence-electron chi connectivity index (χ1n) is 5.27. The molecule has 1 aromatic heterocycles. The zero-order valence-electron chi connectivity index (χ0n) is 9.60. The fraction of sp³-hybridized carbons (Fsp3) is 0.455. The molecule has 0 atom stereocenters. The zero-order valence-corrected chi connectivity index (χ0v) is 9.60. The zero-order chi connectivity index (χ0) is 12.0. The Balaban J connectivity index is 2.90. The second-order valence-corrected chi connectivity index (χ2v) is 3.49. The van der Waals surface area contributed by atoms with Crippen molar-refractivity contribution in [3.05, 3.63) is 23.4 Å². The Kier molecular flexibility index (Phi) is 4.57. The van der Waals surface area contributed by atoms with E-state index in [9.17, 15) is 0 Å². The van der Waals surface area contributed by atoms with Crippen molar-refractivity contribution in [2.45, 2.75) is 26.7 Å². The van der Waals surface area contributed by atoms with Gasteiger partial charge >= 0.3 is 0 Å². The summed E-state index contributed by atoms with van der Waals surface area (Å²) in [6.07, 6.45) is 2.00. The number of hydrogen-bond acceptors (Lipinski definition) is 4. The van der Waals surface area contributed by atoms with Crippen LogP contribution in [-0.2, 0) is 0 Å². The van der Waals surface area contributed by atoms with E-state index < -0.39 is 0 Å². The van der Waals surface area contributed by atoms with Crippen molar-refractivity contribution < 1.29 is 9.94 Å². The van der Waals surface area contributed by atoms with E-state index in [1.165, 1.54) is 0 Å². The van der Waals surface area contributed by atoms with E-state index in [0.29, 0.717) is 18.1 Å². The molecule has 0 fully saturated rings. The Morgan fingerprint density at radius 2 is 2.31 bits per heavy atom. The normalized spacial score (nSPS) is 11.5. The average molecular weight is 223 g/mol. The summed E-state index contributed by atoms with van der Waals surface area (Å²) in [4.78, 5) is 4.22. The Morgan fingerprint density at radius 1 is 1.56 bits per heavy atom. The Labute approximate surface area is 94.9 Å². The number of pyridine rings is 1. The highest BCUT2D eigenvalue weighted by Gasteiger charge is 2.09. The first-order valence-corrected chi connectivity index (χ1v) is 5.27. The SMILES string of the molecule is CCCCOc1nc(C)ccc1C(N)=NO. The molecule has 5 nitrogen and oxygen atoms in total. The summed E-state index contributed by atoms with van der Waals surface area (Å²) < 4.78 is 5.50. The standard InChI is InChI=1S/C11H17N3O2/c1-3-4-7-16-11-9(10(12)14-15)6-5-8(2)13-11/h5-6,15H,3-4,7H2,1-2H3,(H2,12,14). The number of amidine groups is 1. The molecular formula is C11H17N3O2. The molecule has 5 heteroatoms. The van der Waals surface area contributed by atoms with Crippen LogP contribution >= 0.6 is 0 Å². The molecule has 0 unspecified atom stereocenters. The fourth-order valence-electron chi connectivity index (χ4n) is 1.20. The van der Waals surface area contributed by atoms with Crippen LogP contribution in [0.3, 0.4) is 0 Å². The lowest BCUT2D eigenvalue weighted by Gasteiger charge is -2.09. The maximum atomic E-state index is 8.63. The predicted octanol–water partition coefficient (Wildman–Crippen LogP) is 1.66. The van der Waals surface area contributed by atoms with E-state index >= 15 is 0 Å². The topological polar surface area (TPSA) is 80.7 Å². The van der Waals surface area contributed by atoms with Gasteiger partial charge in [-0.2, -0.15) is 0 Å². The van der Waals surface area contributed by atoms with Gasteiger partial charge in [-0.1, -0.05) is 18.5 Å². The van der Waals surface area contributed by atoms with Crippen LogP contribution in [0.15, 0.2) is 17.3 Å². The molecule has 1 rings (SSSR count). The van der Waals surface area contributed by atoms with Gasteiger partial charge in [0.25, 0.3) is 0 Å². The lowest BCUT2D eigenvalue weighted by Crippen LogP contribution is -2.16. The molecule has 3 N–H and O–H groups in total. The molecule has 0 amide bonds. The average Bonchev–Trinajstić information content (AvgIpc) is 2.29. The minimum Gasteiger partial charge on any atom is -0.477 e. The third-order valence-corrected chi connectivity index (χ3v) is 2.12. The van der Waals surface area contributed by atoms with Crippen LogP contribution in [0.2, 0.25) is 0 Å². The van der Waals surface area contributed by atoms with Crippen LogP contribution in [-0.4, -0.2) is 22.6 Å². The van der Waals surface area contributed by atoms with Gasteiger partial charge in [-0.25, -0.2) is 4.98 Å². The molecule has 88 valence electrons. The number of rotatable bonds is 5. The van der Waals surface area contributed by atoms with Crippen molar-refractivity contribution in [2.24, 2.45) is 10.9 Å². The predicted molar refractivity (Wildman–Crippen MR) is 61.9 cm³/mol. The fourth-order valence-corrected chi connectivity index (χ4v) is 1.20. The van der Waals surface area contributed by atoms with Gasteiger partial charge in [0.2, 0.25) is 5.88 Å². The molecule has 0 aliphatic heterocycles. The highest BCUT2D eigenvalue weighted by Crippen LogP contribution is 2.16. The maximum Gasteiger partial charge on any atom is 0.224 e. The van der Waals surface area contributed by atoms with Gasteiger partial charge in [-0.15, -0.1) is 0 Å². The van der Waals surface area contributed by atoms with E-state index in [-0.39, 0.29) is 5.84 Å². The van der Waals surface area contributed by atoms with E-state index in [4.69, 9.17) is 15.7 Å². The summed E-state index contributed by atoms with van der Waals surface area (Å²) in [5, 5.41) is 11.6. The van der Waals surface area contributed by atoms with Crippen molar-refractivity contribution in [3.63, 3.8) is 0 Å². The van der Waals surface area contributed by atoms with Gasteiger partial charge < -0.3 is 15.7 Å². The van der Waals surface area contributed by atoms with Crippen LogP contribution in [0, 0.1) is 6.92 Å². The number of oxime groups is 1. The third kappa shape index (κ3) is 3.12. The number of hydrogen-bond donors (Lipinski definition) is 2. The number of unbranched alkanes of at least 4 members (excludes halogenated alkanes) is 1. The van der Waals surface area contributed by atoms with Crippen LogP contribution < -0.4 is 10.5 Å². The molecule has 0 aliphatic carbocycles. The van der Waals surface area contributed by atoms with Crippen molar-refractivity contribution in [2.75, 3.05) is 6.61 Å². The highest BCUT2D eigenvalue weighted by atomic mass is 16.5. The van der Waals surface area contributed by atoms with E-state index in [1.54, 1.807) is 12.1 Å². The van der Waals surface area contributed by atoms with Gasteiger partial charge in [0.05, 0.1) is 12.2 Å². The van der Waals surface area contributed by atoms with Gasteiger partial charge in [-0.05, 0) is 25.5 Å². The summed E-state index contributed by atoms with van der Waals surface area (Å²) in [6.45, 7) is 4.53. The molecule has 0 radical (unpaired) electrons. The Bertz CT molecular complexity index is 377. The van der Waals surface area contributed by atoms with Gasteiger partial charge in [0, 0.05) is 5.69 Å². The molecule has 1 aromatic rings. The number of nitrogens with two attached hydrogens (primary N) is 1. The Hall–Kier alpha value is -1.78. The second kappa shape index (κ2) is 5.95. The molecule has 1 heterocycles. The maximum absolute atomic E-state index is 8.63. The Morgan fingerprint density at radius 3 is 2.94 bits per heavy atom. The monoisotopic (exact) mass is 223 g/mol. The number of aromatic nitrogens is 1. The van der Waals surface area contributed by atoms with Crippen molar-refractivity contribution in [1.82, 2.24) is 4.98 Å². The quantitative estimate of drug-likeness (QED) is 0.261. The van der Waals surface area contributed by atoms with Gasteiger partial charge in [0.15, 0.2) is 5.84 Å². The van der Waals surface area contributed by atoms with Gasteiger partial charge in [-0.3, -0.25) is 0 Å². The molecule has 0 saturated heterocycles. The van der Waals surface area contributed by atoms with Crippen LogP contribution in [0.25, 0.3) is 0 Å². The van der Waals surface area contributed by atoms with E-state index in [2.05, 4.69) is 17.1 Å². The number of ether oxygens (including phenoxy) is 1. The molecular weight excluding hydrogens is 206 g/mol. The number of nitrogens with zero attached hydrogens (tertiary/aromatic N) is 2. The molecule has 0 bridgehead atoms. The van der Waals surface area contributed by atoms with Crippen LogP contribution in [0.4, 0.5) is 0 Å². The molecule has 0 aliphatic rings. The molecule has 16 heavy (non-hydrogen) atoms. The third-order valence-electron chi connectivity index (χ3n) is 2.12. The van der Waals surface area contributed by atoms with Gasteiger partial charge in [0.1, 0.15) is 0 Å². The summed E-state index contributed by atoms with van der Waals surface area (Å²) in [6, 6.07) is 3.53. The lowest BCUT2D eigenvalue weighted by atomic mass is 10.2. The second-order valence-electron chi connectivity index (χ2n) is 3.49. The van der Waals surface area contributed by atoms with Crippen molar-refractivity contribution in [3.8, 4) is 5.88 Å². The largest absolute Gasteiger partial charge is 0.477 e. The summed E-state index contributed by atoms with van der Waals surface area (Å²) in [5.41, 5.74) is 6.88. The van der Waals surface area contributed by atoms with Crippen molar-refractivity contribution >= 4 is 5.84 Å². The van der Waals surface area contributed by atoms with Crippen LogP contribution in [0.1, 0.15) is 31.0 Å². The van der Waals surface area contributed by atoms with E-state index in [0.717, 1.165) is 18.5 Å². The van der Waals surface area contributed by atoms with E-state index in [1.807, 2.05) is 6.92 Å². The minimum absolute atomic E-state index is 0.0130. The molecule has 0 saturated carbocycles. The minimum atomic E-state index is 0.0130. The molecule has 0 aromatic carbocycles. The first-order chi connectivity index (χ1) is 7.69. The smallest absolute Gasteiger partial charge is 0.224 e. The lowest BCUT2D eigenvalue weighted by molar-refractivity contribution is 0.295. The molecule has 0 spiro atoms. The highest BCUT2D eigenvalue weighted by molar-refractivity contribution is 5.99. The van der Waals surface area contributed by atoms with Crippen molar-refractivity contribution in [1.29, 1.82) is 0 Å². The summed E-state index contributed by atoms with van der Waals surface area (Å²) in [5.74, 6) is 0.433. The van der Waals surface area contributed by atoms with Crippen LogP contribution in [0.5, 0.6) is 5.88 Å². The number of aryl methyl sites for hydroxylation is 1.